The first-order valence-electron chi connectivity index (χ1n) is 10.7. The second-order valence-electron chi connectivity index (χ2n) is 9.01. The van der Waals surface area contributed by atoms with Crippen LogP contribution in [0.4, 0.5) is 5.69 Å². The zero-order valence-electron chi connectivity index (χ0n) is 17.3. The third kappa shape index (κ3) is 3.43. The van der Waals surface area contributed by atoms with Crippen molar-refractivity contribution in [1.29, 1.82) is 0 Å². The van der Waals surface area contributed by atoms with Crippen molar-refractivity contribution in [2.45, 2.75) is 45.3 Å². The van der Waals surface area contributed by atoms with E-state index in [2.05, 4.69) is 53.6 Å². The highest BCUT2D eigenvalue weighted by molar-refractivity contribution is 5.77. The van der Waals surface area contributed by atoms with Gasteiger partial charge in [-0.25, -0.2) is 4.98 Å². The molecule has 0 unspecified atom stereocenters. The number of benzene rings is 2. The number of imidazole rings is 1. The molecule has 3 atom stereocenters. The van der Waals surface area contributed by atoms with Crippen molar-refractivity contribution in [2.75, 3.05) is 25.4 Å². The minimum Gasteiger partial charge on any atom is -0.399 e. The SMILES string of the molecule is Cc1ccc2c(c1)nc(C)n2[C@@H]1CCN(C[C@H]2Cc3ccc(N)cc3C2)C[C@H]1O. The van der Waals surface area contributed by atoms with E-state index in [-0.39, 0.29) is 12.1 Å². The van der Waals surface area contributed by atoms with E-state index < -0.39 is 0 Å². The van der Waals surface area contributed by atoms with Gasteiger partial charge in [0.15, 0.2) is 0 Å². The average Bonchev–Trinajstić information content (AvgIpc) is 3.20. The van der Waals surface area contributed by atoms with Gasteiger partial charge < -0.3 is 20.3 Å². The summed E-state index contributed by atoms with van der Waals surface area (Å²) in [5.74, 6) is 1.61. The summed E-state index contributed by atoms with van der Waals surface area (Å²) < 4.78 is 2.25. The molecule has 5 nitrogen and oxygen atoms in total. The molecule has 2 aromatic carbocycles. The van der Waals surface area contributed by atoms with Crippen molar-refractivity contribution in [3.8, 4) is 0 Å². The normalized spacial score (nSPS) is 24.9. The van der Waals surface area contributed by atoms with E-state index in [0.717, 1.165) is 61.4 Å². The molecule has 1 aromatic heterocycles. The van der Waals surface area contributed by atoms with E-state index >= 15 is 0 Å². The van der Waals surface area contributed by atoms with Crippen molar-refractivity contribution < 1.29 is 5.11 Å². The maximum Gasteiger partial charge on any atom is 0.107 e. The second kappa shape index (κ2) is 7.15. The Labute approximate surface area is 172 Å². The number of nitrogens with two attached hydrogens (primary N) is 1. The Hall–Kier alpha value is -2.37. The molecule has 1 aliphatic carbocycles. The van der Waals surface area contributed by atoms with Gasteiger partial charge in [0.05, 0.1) is 23.2 Å². The van der Waals surface area contributed by atoms with Gasteiger partial charge in [-0.15, -0.1) is 0 Å². The van der Waals surface area contributed by atoms with Gasteiger partial charge in [-0.1, -0.05) is 12.1 Å². The Kier molecular flexibility index (Phi) is 4.60. The van der Waals surface area contributed by atoms with Crippen LogP contribution in [0.1, 0.15) is 35.0 Å². The van der Waals surface area contributed by atoms with Crippen LogP contribution in [0.2, 0.25) is 0 Å². The Morgan fingerprint density at radius 3 is 2.76 bits per heavy atom. The number of hydrogen-bond donors (Lipinski definition) is 2. The summed E-state index contributed by atoms with van der Waals surface area (Å²) in [4.78, 5) is 7.19. The number of hydrogen-bond acceptors (Lipinski definition) is 4. The Morgan fingerprint density at radius 2 is 1.93 bits per heavy atom. The van der Waals surface area contributed by atoms with Gasteiger partial charge in [-0.2, -0.15) is 0 Å². The summed E-state index contributed by atoms with van der Waals surface area (Å²) in [5.41, 5.74) is 13.0. The minimum atomic E-state index is -0.374. The van der Waals surface area contributed by atoms with Crippen LogP contribution in [0, 0.1) is 19.8 Å². The number of fused-ring (bicyclic) bond motifs is 2. The van der Waals surface area contributed by atoms with Crippen LogP contribution in [0.5, 0.6) is 0 Å². The van der Waals surface area contributed by atoms with Gasteiger partial charge >= 0.3 is 0 Å². The lowest BCUT2D eigenvalue weighted by Crippen LogP contribution is -2.46. The van der Waals surface area contributed by atoms with Crippen molar-refractivity contribution in [2.24, 2.45) is 5.92 Å². The summed E-state index contributed by atoms with van der Waals surface area (Å²) in [6.45, 7) is 6.93. The summed E-state index contributed by atoms with van der Waals surface area (Å²) in [7, 11) is 0. The standard InChI is InChI=1S/C24H30N4O/c1-15-3-6-22-21(9-15)26-16(2)28(22)23-7-8-27(14-24(23)29)13-17-10-18-4-5-20(25)12-19(18)11-17/h3-6,9,12,17,23-24,29H,7-8,10-11,13-14,25H2,1-2H3/t17-,23+,24+/m0/s1. The number of nitrogens with zero attached hydrogens (tertiary/aromatic N) is 3. The Morgan fingerprint density at radius 1 is 1.10 bits per heavy atom. The molecule has 2 aliphatic rings. The van der Waals surface area contributed by atoms with Gasteiger partial charge in [-0.05, 0) is 80.0 Å². The van der Waals surface area contributed by atoms with Gasteiger partial charge in [0.2, 0.25) is 0 Å². The van der Waals surface area contributed by atoms with E-state index in [4.69, 9.17) is 10.7 Å². The smallest absolute Gasteiger partial charge is 0.107 e. The third-order valence-corrected chi connectivity index (χ3v) is 6.75. The fraction of sp³-hybridized carbons (Fsp3) is 0.458. The maximum atomic E-state index is 11.0. The number of β-amino-alcohol motifs (C(OH)–C–C–N with tert-alkyl or cyclic N) is 1. The largest absolute Gasteiger partial charge is 0.399 e. The molecule has 0 bridgehead atoms. The number of anilines is 1. The number of piperidine rings is 1. The highest BCUT2D eigenvalue weighted by atomic mass is 16.3. The van der Waals surface area contributed by atoms with Crippen molar-refractivity contribution in [3.05, 3.63) is 58.9 Å². The lowest BCUT2D eigenvalue weighted by molar-refractivity contribution is 0.0223. The molecule has 0 saturated carbocycles. The molecular formula is C24H30N4O. The van der Waals surface area contributed by atoms with Crippen LogP contribution in [-0.2, 0) is 12.8 Å². The number of nitrogen functional groups attached to an aromatic ring is 1. The van der Waals surface area contributed by atoms with Gasteiger partial charge in [0.1, 0.15) is 5.82 Å². The third-order valence-electron chi connectivity index (χ3n) is 6.75. The number of aliphatic hydroxyl groups is 1. The topological polar surface area (TPSA) is 67.3 Å². The molecule has 0 radical (unpaired) electrons. The van der Waals surface area contributed by atoms with Crippen molar-refractivity contribution in [3.63, 3.8) is 0 Å². The van der Waals surface area contributed by atoms with Crippen LogP contribution in [0.3, 0.4) is 0 Å². The quantitative estimate of drug-likeness (QED) is 0.674. The molecule has 5 rings (SSSR count). The predicted molar refractivity (Wildman–Crippen MR) is 117 cm³/mol. The van der Waals surface area contributed by atoms with Crippen molar-refractivity contribution >= 4 is 16.7 Å². The molecule has 1 saturated heterocycles. The fourth-order valence-electron chi connectivity index (χ4n) is 5.42. The number of aliphatic hydroxyl groups excluding tert-OH is 1. The van der Waals surface area contributed by atoms with Crippen LogP contribution < -0.4 is 5.73 Å². The predicted octanol–water partition coefficient (Wildman–Crippen LogP) is 3.26. The van der Waals surface area contributed by atoms with Crippen LogP contribution in [0.25, 0.3) is 11.0 Å². The van der Waals surface area contributed by atoms with Gasteiger partial charge in [0.25, 0.3) is 0 Å². The first kappa shape index (κ1) is 18.6. The second-order valence-corrected chi connectivity index (χ2v) is 9.01. The van der Waals surface area contributed by atoms with Crippen LogP contribution in [0.15, 0.2) is 36.4 Å². The molecule has 0 amide bonds. The van der Waals surface area contributed by atoms with Gasteiger partial charge in [-0.3, -0.25) is 0 Å². The fourth-order valence-corrected chi connectivity index (χ4v) is 5.42. The number of aromatic nitrogens is 2. The van der Waals surface area contributed by atoms with E-state index in [9.17, 15) is 5.11 Å². The Bertz CT molecular complexity index is 1060. The highest BCUT2D eigenvalue weighted by Gasteiger charge is 2.33. The zero-order valence-corrected chi connectivity index (χ0v) is 17.3. The molecule has 3 N–H and O–H groups in total. The molecular weight excluding hydrogens is 360 g/mol. The molecule has 2 heterocycles. The minimum absolute atomic E-state index is 0.0968. The summed E-state index contributed by atoms with van der Waals surface area (Å²) >= 11 is 0. The lowest BCUT2D eigenvalue weighted by Gasteiger charge is -2.38. The molecule has 1 aliphatic heterocycles. The number of rotatable bonds is 3. The molecule has 5 heteroatoms. The molecule has 152 valence electrons. The van der Waals surface area contributed by atoms with Crippen LogP contribution >= 0.6 is 0 Å². The van der Waals surface area contributed by atoms with E-state index in [1.807, 2.05) is 6.07 Å². The average molecular weight is 391 g/mol. The Balaban J connectivity index is 1.28. The van der Waals surface area contributed by atoms with E-state index in [1.54, 1.807) is 0 Å². The monoisotopic (exact) mass is 390 g/mol. The molecule has 1 fully saturated rings. The number of likely N-dealkylation sites (tertiary alicyclic amines) is 1. The maximum absolute atomic E-state index is 11.0. The number of aryl methyl sites for hydroxylation is 2. The molecule has 0 spiro atoms. The lowest BCUT2D eigenvalue weighted by atomic mass is 9.98. The van der Waals surface area contributed by atoms with Crippen LogP contribution in [-0.4, -0.2) is 45.3 Å². The summed E-state index contributed by atoms with van der Waals surface area (Å²) in [6.07, 6.45) is 2.80. The summed E-state index contributed by atoms with van der Waals surface area (Å²) in [5, 5.41) is 11.0. The highest BCUT2D eigenvalue weighted by Crippen LogP contribution is 2.32. The molecule has 29 heavy (non-hydrogen) atoms. The van der Waals surface area contributed by atoms with Gasteiger partial charge in [0, 0.05) is 25.3 Å². The molecule has 3 aromatic rings. The zero-order chi connectivity index (χ0) is 20.1. The summed E-state index contributed by atoms with van der Waals surface area (Å²) in [6, 6.07) is 12.8. The van der Waals surface area contributed by atoms with E-state index in [1.165, 1.54) is 16.7 Å². The first-order valence-corrected chi connectivity index (χ1v) is 10.7. The van der Waals surface area contributed by atoms with E-state index in [0.29, 0.717) is 5.92 Å². The van der Waals surface area contributed by atoms with Crippen molar-refractivity contribution in [1.82, 2.24) is 14.5 Å². The first-order chi connectivity index (χ1) is 14.0.